The van der Waals surface area contributed by atoms with Crippen LogP contribution in [-0.2, 0) is 39.5 Å². The van der Waals surface area contributed by atoms with Gasteiger partial charge in [0.2, 0.25) is 5.91 Å². The predicted molar refractivity (Wildman–Crippen MR) is 211 cm³/mol. The summed E-state index contributed by atoms with van der Waals surface area (Å²) in [5.74, 6) is -0.0809. The van der Waals surface area contributed by atoms with Crippen LogP contribution in [0.2, 0.25) is 0 Å². The molecule has 288 valence electrons. The fraction of sp³-hybridized carbons (Fsp3) is 0.395. The van der Waals surface area contributed by atoms with Gasteiger partial charge in [0.1, 0.15) is 5.75 Å². The lowest BCUT2D eigenvalue weighted by Gasteiger charge is -2.49. The van der Waals surface area contributed by atoms with E-state index in [0.29, 0.717) is 43.8 Å². The lowest BCUT2D eigenvalue weighted by Crippen LogP contribution is -2.66. The zero-order valence-corrected chi connectivity index (χ0v) is 32.3. The minimum absolute atomic E-state index is 0.172. The first-order valence-corrected chi connectivity index (χ1v) is 20.7. The molecule has 0 aromatic heterocycles. The molecule has 3 N–H and O–H groups in total. The van der Waals surface area contributed by atoms with Gasteiger partial charge in [-0.3, -0.25) is 9.36 Å². The summed E-state index contributed by atoms with van der Waals surface area (Å²) in [6.45, 7) is 5.08. The van der Waals surface area contributed by atoms with Gasteiger partial charge in [-0.25, -0.2) is 4.79 Å². The highest BCUT2D eigenvalue weighted by atomic mass is 31.2. The highest BCUT2D eigenvalue weighted by Gasteiger charge is 2.45. The zero-order chi connectivity index (χ0) is 38.3. The van der Waals surface area contributed by atoms with E-state index in [1.807, 2.05) is 86.6 Å². The fourth-order valence-corrected chi connectivity index (χ4v) is 8.07. The molecule has 3 atom stereocenters. The van der Waals surface area contributed by atoms with Crippen molar-refractivity contribution >= 4 is 19.5 Å². The molecule has 0 spiro atoms. The maximum atomic E-state index is 14.9. The van der Waals surface area contributed by atoms with E-state index in [2.05, 4.69) is 12.1 Å². The molecule has 0 radical (unpaired) electrons. The standard InChI is InChI=1S/C43H54N3O7P/c1-3-5-25-52-54(50,53-26-6-4-2)32-51-38-22-14-20-36(28-38)31-45-39(24-23-33-15-9-7-10-16-33)41(47)40(29-34-17-11-8-12-18-34)46(43(45)49)30-35-19-13-21-37(27-35)42(44)48/h7-22,27-28,39-41,47H,3-6,23-26,29-32H2,1-2H3,(H2,44,48)/t39-,40-,41-/m1/s1. The van der Waals surface area contributed by atoms with Gasteiger partial charge >= 0.3 is 13.6 Å². The molecule has 1 aliphatic rings. The Kier molecular flexibility index (Phi) is 15.3. The van der Waals surface area contributed by atoms with Gasteiger partial charge in [0.15, 0.2) is 6.35 Å². The highest BCUT2D eigenvalue weighted by molar-refractivity contribution is 7.53. The third-order valence-corrected chi connectivity index (χ3v) is 11.3. The van der Waals surface area contributed by atoms with Gasteiger partial charge in [0, 0.05) is 18.7 Å². The first-order chi connectivity index (χ1) is 26.2. The Bertz CT molecular complexity index is 1810. The Balaban J connectivity index is 1.44. The maximum absolute atomic E-state index is 14.9. The second-order valence-corrected chi connectivity index (χ2v) is 15.8. The summed E-state index contributed by atoms with van der Waals surface area (Å²) in [6, 6.07) is 32.9. The number of hydrogen-bond donors (Lipinski definition) is 2. The van der Waals surface area contributed by atoms with E-state index in [4.69, 9.17) is 19.5 Å². The maximum Gasteiger partial charge on any atom is 0.367 e. The van der Waals surface area contributed by atoms with Crippen molar-refractivity contribution in [2.24, 2.45) is 5.73 Å². The number of aryl methyl sites for hydroxylation is 1. The number of amides is 3. The number of carbonyl (C=O) groups excluding carboxylic acids is 2. The fourth-order valence-electron chi connectivity index (χ4n) is 6.73. The molecule has 0 saturated carbocycles. The molecule has 1 fully saturated rings. The summed E-state index contributed by atoms with van der Waals surface area (Å²) in [6.07, 6.45) is 3.84. The third-order valence-electron chi connectivity index (χ3n) is 9.72. The Morgan fingerprint density at radius 3 is 1.91 bits per heavy atom. The molecular formula is C43H54N3O7P. The highest BCUT2D eigenvalue weighted by Crippen LogP contribution is 2.48. The number of ether oxygens (including phenoxy) is 1. The molecule has 10 nitrogen and oxygen atoms in total. The van der Waals surface area contributed by atoms with Gasteiger partial charge in [-0.15, -0.1) is 0 Å². The number of nitrogens with zero attached hydrogens (tertiary/aromatic N) is 2. The van der Waals surface area contributed by atoms with Crippen LogP contribution >= 0.6 is 7.60 Å². The van der Waals surface area contributed by atoms with Gasteiger partial charge in [0.05, 0.1) is 31.4 Å². The van der Waals surface area contributed by atoms with Gasteiger partial charge in [0.25, 0.3) is 0 Å². The Labute approximate surface area is 319 Å². The van der Waals surface area contributed by atoms with Crippen LogP contribution in [0, 0.1) is 0 Å². The lowest BCUT2D eigenvalue weighted by atomic mass is 9.88. The van der Waals surface area contributed by atoms with E-state index in [-0.39, 0.29) is 25.5 Å². The minimum Gasteiger partial charge on any atom is -0.481 e. The predicted octanol–water partition coefficient (Wildman–Crippen LogP) is 8.36. The van der Waals surface area contributed by atoms with Gasteiger partial charge in [-0.1, -0.05) is 112 Å². The number of unbranched alkanes of at least 4 members (excludes halogenated alkanes) is 2. The van der Waals surface area contributed by atoms with Gasteiger partial charge in [-0.05, 0) is 78.6 Å². The minimum atomic E-state index is -3.50. The molecule has 11 heteroatoms. The molecule has 1 aliphatic heterocycles. The molecule has 1 heterocycles. The first-order valence-electron chi connectivity index (χ1n) is 19.0. The van der Waals surface area contributed by atoms with Crippen LogP contribution in [0.15, 0.2) is 109 Å². The number of benzene rings is 4. The quantitative estimate of drug-likeness (QED) is 0.0646. The molecule has 0 bridgehead atoms. The third kappa shape index (κ3) is 11.5. The van der Waals surface area contributed by atoms with Crippen LogP contribution in [0.5, 0.6) is 5.75 Å². The molecule has 1 saturated heterocycles. The lowest BCUT2D eigenvalue weighted by molar-refractivity contribution is -0.0453. The van der Waals surface area contributed by atoms with Gasteiger partial charge < -0.3 is 34.4 Å². The molecule has 0 unspecified atom stereocenters. The summed E-state index contributed by atoms with van der Waals surface area (Å²) in [7, 11) is -3.50. The summed E-state index contributed by atoms with van der Waals surface area (Å²) < 4.78 is 31.1. The van der Waals surface area contributed by atoms with Crippen LogP contribution in [0.4, 0.5) is 4.79 Å². The first kappa shape index (κ1) is 40.7. The number of carbonyl (C=O) groups is 2. The molecule has 4 aromatic rings. The molecule has 0 aliphatic carbocycles. The van der Waals surface area contributed by atoms with E-state index < -0.39 is 31.7 Å². The second kappa shape index (κ2) is 20.3. The van der Waals surface area contributed by atoms with E-state index in [0.717, 1.165) is 47.9 Å². The number of aliphatic hydroxyl groups excluding tert-OH is 1. The van der Waals surface area contributed by atoms with E-state index >= 15 is 0 Å². The Morgan fingerprint density at radius 2 is 1.30 bits per heavy atom. The van der Waals surface area contributed by atoms with Gasteiger partial charge in [-0.2, -0.15) is 0 Å². The van der Waals surface area contributed by atoms with Crippen molar-refractivity contribution < 1.29 is 33.0 Å². The largest absolute Gasteiger partial charge is 0.481 e. The number of hydrogen-bond acceptors (Lipinski definition) is 7. The number of nitrogens with two attached hydrogens (primary N) is 1. The second-order valence-electron chi connectivity index (χ2n) is 13.8. The van der Waals surface area contributed by atoms with Crippen LogP contribution in [0.3, 0.4) is 0 Å². The van der Waals surface area contributed by atoms with Crippen molar-refractivity contribution in [2.45, 2.75) is 90.1 Å². The molecule has 3 amide bonds. The summed E-state index contributed by atoms with van der Waals surface area (Å²) in [5, 5.41) is 12.3. The number of primary amides is 1. The monoisotopic (exact) mass is 755 g/mol. The summed E-state index contributed by atoms with van der Waals surface area (Å²) in [5.41, 5.74) is 9.58. The topological polar surface area (TPSA) is 132 Å². The van der Waals surface area contributed by atoms with Crippen molar-refractivity contribution in [3.05, 3.63) is 137 Å². The number of urea groups is 1. The van der Waals surface area contributed by atoms with Crippen molar-refractivity contribution in [2.75, 3.05) is 19.6 Å². The van der Waals surface area contributed by atoms with E-state index in [9.17, 15) is 19.3 Å². The van der Waals surface area contributed by atoms with E-state index in [1.54, 1.807) is 34.1 Å². The SMILES string of the molecule is CCCCOP(=O)(COc1cccc(CN2C(=O)N(Cc3cccc(C(N)=O)c3)[C@H](Cc3ccccc3)[C@H](O)[C@H]2CCc2ccccc2)c1)OCCCC. The van der Waals surface area contributed by atoms with Crippen LogP contribution in [0.1, 0.15) is 78.6 Å². The van der Waals surface area contributed by atoms with Crippen molar-refractivity contribution in [1.29, 1.82) is 0 Å². The normalized spacial score (nSPS) is 17.5. The summed E-state index contributed by atoms with van der Waals surface area (Å²) in [4.78, 5) is 30.4. The van der Waals surface area contributed by atoms with Crippen LogP contribution < -0.4 is 10.5 Å². The molecular weight excluding hydrogens is 701 g/mol. The molecule has 4 aromatic carbocycles. The van der Waals surface area contributed by atoms with Crippen LogP contribution in [-0.4, -0.2) is 64.6 Å². The Morgan fingerprint density at radius 1 is 0.741 bits per heavy atom. The van der Waals surface area contributed by atoms with Crippen LogP contribution in [0.25, 0.3) is 0 Å². The van der Waals surface area contributed by atoms with E-state index in [1.165, 1.54) is 0 Å². The Hall–Kier alpha value is -4.47. The van der Waals surface area contributed by atoms with Crippen molar-refractivity contribution in [3.8, 4) is 5.75 Å². The number of rotatable bonds is 21. The smallest absolute Gasteiger partial charge is 0.367 e. The summed E-state index contributed by atoms with van der Waals surface area (Å²) >= 11 is 0. The molecule has 5 rings (SSSR count). The zero-order valence-electron chi connectivity index (χ0n) is 31.4. The van der Waals surface area contributed by atoms with Crippen molar-refractivity contribution in [1.82, 2.24) is 9.80 Å². The number of aliphatic hydroxyl groups is 1. The van der Waals surface area contributed by atoms with Crippen molar-refractivity contribution in [3.63, 3.8) is 0 Å². The average Bonchev–Trinajstić information content (AvgIpc) is 3.18. The molecule has 54 heavy (non-hydrogen) atoms. The average molecular weight is 756 g/mol.